The number of rotatable bonds is 11. The molecule has 110 valence electrons. The smallest absolute Gasteiger partial charge is 0.748 e. The summed E-state index contributed by atoms with van der Waals surface area (Å²) in [6.07, 6.45) is 6.19. The SMILES string of the molecule is CCCCCCC(O)CC(CCCC)S(=O)(=O)[O-].[K+]. The van der Waals surface area contributed by atoms with Gasteiger partial charge < -0.3 is 9.66 Å². The summed E-state index contributed by atoms with van der Waals surface area (Å²) in [6, 6.07) is 0. The largest absolute Gasteiger partial charge is 1.00 e. The minimum absolute atomic E-state index is 0. The molecule has 0 aliphatic heterocycles. The molecule has 0 saturated heterocycles. The van der Waals surface area contributed by atoms with Crippen molar-refractivity contribution in [1.29, 1.82) is 0 Å². The van der Waals surface area contributed by atoms with Gasteiger partial charge in [0.15, 0.2) is 0 Å². The van der Waals surface area contributed by atoms with Crippen LogP contribution in [0.3, 0.4) is 0 Å². The second-order valence-corrected chi connectivity index (χ2v) is 6.65. The molecule has 0 bridgehead atoms. The summed E-state index contributed by atoms with van der Waals surface area (Å²) in [5.41, 5.74) is 0. The number of aliphatic hydroxyl groups excluding tert-OH is 1. The third-order valence-corrected chi connectivity index (χ3v) is 4.46. The van der Waals surface area contributed by atoms with Gasteiger partial charge in [0.2, 0.25) is 0 Å². The van der Waals surface area contributed by atoms with Crippen molar-refractivity contribution in [3.63, 3.8) is 0 Å². The standard InChI is InChI=1S/C13H28O4S.K/c1-3-5-7-8-9-12(14)11-13(10-6-4-2)18(15,16)17;/h12-14H,3-11H2,1-2H3,(H,15,16,17);/q;+1/p-1. The fourth-order valence-electron chi connectivity index (χ4n) is 2.04. The zero-order valence-electron chi connectivity index (χ0n) is 12.6. The third-order valence-electron chi connectivity index (χ3n) is 3.21. The van der Waals surface area contributed by atoms with E-state index < -0.39 is 21.5 Å². The van der Waals surface area contributed by atoms with E-state index in [1.807, 2.05) is 6.92 Å². The predicted octanol–water partition coefficient (Wildman–Crippen LogP) is -0.184. The van der Waals surface area contributed by atoms with Crippen molar-refractivity contribution in [2.24, 2.45) is 0 Å². The molecule has 6 heteroatoms. The Kier molecular flexibility index (Phi) is 15.8. The van der Waals surface area contributed by atoms with Gasteiger partial charge in [0, 0.05) is 0 Å². The van der Waals surface area contributed by atoms with Crippen LogP contribution in [0.15, 0.2) is 0 Å². The minimum Gasteiger partial charge on any atom is -0.748 e. The van der Waals surface area contributed by atoms with E-state index in [0.717, 1.165) is 32.1 Å². The maximum atomic E-state index is 11.1. The summed E-state index contributed by atoms with van der Waals surface area (Å²) in [5, 5.41) is 8.86. The van der Waals surface area contributed by atoms with E-state index in [0.29, 0.717) is 19.3 Å². The van der Waals surface area contributed by atoms with Crippen molar-refractivity contribution in [2.45, 2.75) is 83.0 Å². The van der Waals surface area contributed by atoms with Crippen molar-refractivity contribution in [1.82, 2.24) is 0 Å². The average molecular weight is 319 g/mol. The number of aliphatic hydroxyl groups is 1. The van der Waals surface area contributed by atoms with Crippen molar-refractivity contribution < 1.29 is 69.5 Å². The first-order valence-corrected chi connectivity index (χ1v) is 8.51. The Morgan fingerprint density at radius 2 is 1.58 bits per heavy atom. The van der Waals surface area contributed by atoms with E-state index in [1.165, 1.54) is 0 Å². The van der Waals surface area contributed by atoms with Crippen LogP contribution < -0.4 is 51.4 Å². The molecule has 0 fully saturated rings. The molecule has 2 unspecified atom stereocenters. The summed E-state index contributed by atoms with van der Waals surface area (Å²) in [4.78, 5) is 0. The van der Waals surface area contributed by atoms with Gasteiger partial charge in [0.1, 0.15) is 0 Å². The van der Waals surface area contributed by atoms with Crippen LogP contribution in [0.25, 0.3) is 0 Å². The summed E-state index contributed by atoms with van der Waals surface area (Å²) < 4.78 is 33.2. The van der Waals surface area contributed by atoms with Crippen LogP contribution in [0.4, 0.5) is 0 Å². The molecule has 0 aliphatic rings. The van der Waals surface area contributed by atoms with Gasteiger partial charge in [-0.2, -0.15) is 0 Å². The molecule has 0 spiro atoms. The molecule has 0 saturated carbocycles. The molecule has 1 N–H and O–H groups in total. The molecule has 0 aromatic carbocycles. The Balaban J connectivity index is 0. The van der Waals surface area contributed by atoms with Crippen LogP contribution >= 0.6 is 0 Å². The fraction of sp³-hybridized carbons (Fsp3) is 1.00. The zero-order chi connectivity index (χ0) is 14.0. The number of unbranched alkanes of at least 4 members (excludes halogenated alkanes) is 4. The maximum absolute atomic E-state index is 11.1. The van der Waals surface area contributed by atoms with Gasteiger partial charge in [0.25, 0.3) is 0 Å². The van der Waals surface area contributed by atoms with Crippen molar-refractivity contribution in [3.05, 3.63) is 0 Å². The van der Waals surface area contributed by atoms with Crippen molar-refractivity contribution in [2.75, 3.05) is 0 Å². The molecule has 4 nitrogen and oxygen atoms in total. The summed E-state index contributed by atoms with van der Waals surface area (Å²) in [7, 11) is -4.28. The molecule has 0 amide bonds. The van der Waals surface area contributed by atoms with Crippen LogP contribution in [-0.2, 0) is 10.1 Å². The number of hydrogen-bond donors (Lipinski definition) is 1. The first kappa shape index (κ1) is 22.8. The van der Waals surface area contributed by atoms with Gasteiger partial charge in [-0.25, -0.2) is 8.42 Å². The van der Waals surface area contributed by atoms with Crippen LogP contribution in [0.5, 0.6) is 0 Å². The van der Waals surface area contributed by atoms with E-state index in [-0.39, 0.29) is 57.8 Å². The van der Waals surface area contributed by atoms with Crippen LogP contribution in [0.1, 0.15) is 71.6 Å². The van der Waals surface area contributed by atoms with E-state index in [4.69, 9.17) is 0 Å². The minimum atomic E-state index is -4.28. The molecular formula is C13H27KO4S. The first-order chi connectivity index (χ1) is 8.41. The Labute approximate surface area is 160 Å². The fourth-order valence-corrected chi connectivity index (χ4v) is 2.95. The van der Waals surface area contributed by atoms with Crippen LogP contribution in [-0.4, -0.2) is 29.4 Å². The topological polar surface area (TPSA) is 77.4 Å². The van der Waals surface area contributed by atoms with Gasteiger partial charge in [0.05, 0.1) is 21.5 Å². The van der Waals surface area contributed by atoms with Gasteiger partial charge in [-0.1, -0.05) is 52.4 Å². The van der Waals surface area contributed by atoms with Gasteiger partial charge in [-0.05, 0) is 19.3 Å². The summed E-state index contributed by atoms with van der Waals surface area (Å²) in [6.45, 7) is 4.07. The Hall–Kier alpha value is 1.51. The number of hydrogen-bond acceptors (Lipinski definition) is 4. The molecule has 0 heterocycles. The predicted molar refractivity (Wildman–Crippen MR) is 72.4 cm³/mol. The van der Waals surface area contributed by atoms with Crippen molar-refractivity contribution >= 4 is 10.1 Å². The van der Waals surface area contributed by atoms with E-state index in [1.54, 1.807) is 0 Å². The molecule has 0 rings (SSSR count). The van der Waals surface area contributed by atoms with Crippen molar-refractivity contribution in [3.8, 4) is 0 Å². The zero-order valence-corrected chi connectivity index (χ0v) is 16.5. The Bertz CT molecular complexity index is 293. The molecule has 0 aromatic heterocycles. The second-order valence-electron chi connectivity index (χ2n) is 5.00. The maximum Gasteiger partial charge on any atom is 1.00 e. The van der Waals surface area contributed by atoms with Gasteiger partial charge >= 0.3 is 51.4 Å². The molecular weight excluding hydrogens is 291 g/mol. The second kappa shape index (κ2) is 13.2. The molecule has 0 aromatic rings. The van der Waals surface area contributed by atoms with E-state index in [2.05, 4.69) is 6.92 Å². The average Bonchev–Trinajstić information content (AvgIpc) is 2.28. The Morgan fingerprint density at radius 3 is 2.05 bits per heavy atom. The molecule has 2 atom stereocenters. The van der Waals surface area contributed by atoms with Gasteiger partial charge in [-0.15, -0.1) is 0 Å². The van der Waals surface area contributed by atoms with E-state index >= 15 is 0 Å². The molecule has 0 aliphatic carbocycles. The molecule has 19 heavy (non-hydrogen) atoms. The van der Waals surface area contributed by atoms with Crippen LogP contribution in [0, 0.1) is 0 Å². The summed E-state index contributed by atoms with van der Waals surface area (Å²) in [5.74, 6) is 0. The third kappa shape index (κ3) is 12.9. The normalized spacial score (nSPS) is 14.7. The Morgan fingerprint density at radius 1 is 1.00 bits per heavy atom. The quantitative estimate of drug-likeness (QED) is 0.326. The van der Waals surface area contributed by atoms with E-state index in [9.17, 15) is 18.1 Å². The van der Waals surface area contributed by atoms with Gasteiger partial charge in [-0.3, -0.25) is 0 Å². The monoisotopic (exact) mass is 318 g/mol. The summed E-state index contributed by atoms with van der Waals surface area (Å²) >= 11 is 0. The van der Waals surface area contributed by atoms with Crippen LogP contribution in [0.2, 0.25) is 0 Å². The first-order valence-electron chi connectivity index (χ1n) is 7.04. The molecule has 0 radical (unpaired) electrons.